The zero-order valence-corrected chi connectivity index (χ0v) is 8.88. The summed E-state index contributed by atoms with van der Waals surface area (Å²) >= 11 is 0. The Morgan fingerprint density at radius 1 is 1.60 bits per heavy atom. The smallest absolute Gasteiger partial charge is 0.165 e. The molecule has 0 aliphatic rings. The third-order valence-corrected chi connectivity index (χ3v) is 2.25. The third kappa shape index (κ3) is 2.71. The van der Waals surface area contributed by atoms with Crippen molar-refractivity contribution >= 4 is 0 Å². The van der Waals surface area contributed by atoms with E-state index in [-0.39, 0.29) is 17.6 Å². The fourth-order valence-corrected chi connectivity index (χ4v) is 1.40. The first-order valence-electron chi connectivity index (χ1n) is 4.67. The summed E-state index contributed by atoms with van der Waals surface area (Å²) < 4.78 is 18.2. The number of hydrogen-bond donors (Lipinski definition) is 1. The first kappa shape index (κ1) is 11.5. The highest BCUT2D eigenvalue weighted by Gasteiger charge is 2.10. The van der Waals surface area contributed by atoms with Crippen LogP contribution in [0.3, 0.4) is 0 Å². The van der Waals surface area contributed by atoms with Crippen molar-refractivity contribution in [1.82, 2.24) is 5.32 Å². The van der Waals surface area contributed by atoms with Crippen LogP contribution in [-0.4, -0.2) is 14.2 Å². The molecule has 0 spiro atoms. The van der Waals surface area contributed by atoms with E-state index in [2.05, 4.69) is 11.2 Å². The second-order valence-corrected chi connectivity index (χ2v) is 3.14. The van der Waals surface area contributed by atoms with Crippen LogP contribution in [-0.2, 0) is 0 Å². The van der Waals surface area contributed by atoms with Gasteiger partial charge in [-0.2, -0.15) is 0 Å². The fraction of sp³-hybridized carbons (Fsp3) is 0.333. The molecule has 0 amide bonds. The summed E-state index contributed by atoms with van der Waals surface area (Å²) in [5.41, 5.74) is 0.828. The SMILES string of the molecule is C#CCC(NC)c1ccc(OC)c(F)c1. The number of ether oxygens (including phenoxy) is 1. The van der Waals surface area contributed by atoms with Gasteiger partial charge in [0.15, 0.2) is 11.6 Å². The highest BCUT2D eigenvalue weighted by Crippen LogP contribution is 2.23. The van der Waals surface area contributed by atoms with Crippen molar-refractivity contribution in [1.29, 1.82) is 0 Å². The van der Waals surface area contributed by atoms with E-state index >= 15 is 0 Å². The van der Waals surface area contributed by atoms with E-state index in [9.17, 15) is 4.39 Å². The Morgan fingerprint density at radius 2 is 2.33 bits per heavy atom. The number of methoxy groups -OCH3 is 1. The number of nitrogens with one attached hydrogen (secondary N) is 1. The molecule has 3 heteroatoms. The Balaban J connectivity index is 2.95. The van der Waals surface area contributed by atoms with E-state index in [4.69, 9.17) is 11.2 Å². The first-order chi connectivity index (χ1) is 7.22. The Morgan fingerprint density at radius 3 is 2.80 bits per heavy atom. The van der Waals surface area contributed by atoms with Crippen molar-refractivity contribution in [2.45, 2.75) is 12.5 Å². The standard InChI is InChI=1S/C12H14FNO/c1-4-5-11(14-2)9-6-7-12(15-3)10(13)8-9/h1,6-8,11,14H,5H2,2-3H3. The van der Waals surface area contributed by atoms with Crippen LogP contribution in [0.1, 0.15) is 18.0 Å². The molecule has 1 rings (SSSR count). The average molecular weight is 207 g/mol. The molecule has 1 aromatic carbocycles. The number of halogens is 1. The highest BCUT2D eigenvalue weighted by molar-refractivity contribution is 5.31. The van der Waals surface area contributed by atoms with Gasteiger partial charge in [0.25, 0.3) is 0 Å². The van der Waals surface area contributed by atoms with Crippen LogP contribution in [0.15, 0.2) is 18.2 Å². The van der Waals surface area contributed by atoms with Gasteiger partial charge in [-0.05, 0) is 24.7 Å². The maximum absolute atomic E-state index is 13.4. The summed E-state index contributed by atoms with van der Waals surface area (Å²) in [6.07, 6.45) is 5.76. The molecule has 0 heterocycles. The van der Waals surface area contributed by atoms with Crippen molar-refractivity contribution in [3.8, 4) is 18.1 Å². The fourth-order valence-electron chi connectivity index (χ4n) is 1.40. The second kappa shape index (κ2) is 5.38. The van der Waals surface area contributed by atoms with Crippen molar-refractivity contribution in [2.75, 3.05) is 14.2 Å². The Kier molecular flexibility index (Phi) is 4.14. The molecule has 1 unspecified atom stereocenters. The van der Waals surface area contributed by atoms with E-state index in [1.807, 2.05) is 0 Å². The summed E-state index contributed by atoms with van der Waals surface area (Å²) in [6, 6.07) is 4.83. The number of terminal acetylenes is 1. The molecule has 0 saturated heterocycles. The molecule has 0 saturated carbocycles. The molecule has 0 aliphatic heterocycles. The summed E-state index contributed by atoms with van der Waals surface area (Å²) in [4.78, 5) is 0. The summed E-state index contributed by atoms with van der Waals surface area (Å²) in [5, 5.41) is 3.03. The van der Waals surface area contributed by atoms with Crippen molar-refractivity contribution < 1.29 is 9.13 Å². The molecule has 0 bridgehead atoms. The highest BCUT2D eigenvalue weighted by atomic mass is 19.1. The van der Waals surface area contributed by atoms with Gasteiger partial charge in [0.1, 0.15) is 0 Å². The summed E-state index contributed by atoms with van der Waals surface area (Å²) in [6.45, 7) is 0. The Labute approximate surface area is 89.4 Å². The zero-order valence-electron chi connectivity index (χ0n) is 8.88. The predicted molar refractivity (Wildman–Crippen MR) is 58.2 cm³/mol. The van der Waals surface area contributed by atoms with Crippen molar-refractivity contribution in [3.05, 3.63) is 29.6 Å². The largest absolute Gasteiger partial charge is 0.494 e. The molecule has 1 N–H and O–H groups in total. The van der Waals surface area contributed by atoms with E-state index in [1.54, 1.807) is 19.2 Å². The lowest BCUT2D eigenvalue weighted by Gasteiger charge is -2.14. The minimum absolute atomic E-state index is 0.0181. The summed E-state index contributed by atoms with van der Waals surface area (Å²) in [5.74, 6) is 2.43. The predicted octanol–water partition coefficient (Wildman–Crippen LogP) is 2.12. The lowest BCUT2D eigenvalue weighted by molar-refractivity contribution is 0.385. The molecular formula is C12H14FNO. The zero-order chi connectivity index (χ0) is 11.3. The van der Waals surface area contributed by atoms with Gasteiger partial charge >= 0.3 is 0 Å². The minimum atomic E-state index is -0.368. The van der Waals surface area contributed by atoms with Gasteiger partial charge in [-0.25, -0.2) is 4.39 Å². The van der Waals surface area contributed by atoms with Gasteiger partial charge in [0.05, 0.1) is 7.11 Å². The molecule has 0 radical (unpaired) electrons. The van der Waals surface area contributed by atoms with Gasteiger partial charge in [-0.3, -0.25) is 0 Å². The quantitative estimate of drug-likeness (QED) is 0.763. The van der Waals surface area contributed by atoms with E-state index in [0.717, 1.165) is 5.56 Å². The van der Waals surface area contributed by atoms with Crippen LogP contribution in [0.5, 0.6) is 5.75 Å². The number of benzene rings is 1. The topological polar surface area (TPSA) is 21.3 Å². The molecule has 0 fully saturated rings. The average Bonchev–Trinajstić information content (AvgIpc) is 2.25. The normalized spacial score (nSPS) is 11.9. The van der Waals surface area contributed by atoms with E-state index in [0.29, 0.717) is 6.42 Å². The van der Waals surface area contributed by atoms with Crippen LogP contribution < -0.4 is 10.1 Å². The molecule has 1 atom stereocenters. The molecular weight excluding hydrogens is 193 g/mol. The van der Waals surface area contributed by atoms with Gasteiger partial charge in [0, 0.05) is 12.5 Å². The van der Waals surface area contributed by atoms with Crippen LogP contribution >= 0.6 is 0 Å². The van der Waals surface area contributed by atoms with Gasteiger partial charge in [-0.1, -0.05) is 6.07 Å². The van der Waals surface area contributed by atoms with E-state index < -0.39 is 0 Å². The molecule has 15 heavy (non-hydrogen) atoms. The Bertz CT molecular complexity index is 370. The monoisotopic (exact) mass is 207 g/mol. The number of hydrogen-bond acceptors (Lipinski definition) is 2. The number of rotatable bonds is 4. The van der Waals surface area contributed by atoms with Gasteiger partial charge in [-0.15, -0.1) is 12.3 Å². The first-order valence-corrected chi connectivity index (χ1v) is 4.67. The van der Waals surface area contributed by atoms with Crippen LogP contribution in [0.4, 0.5) is 4.39 Å². The second-order valence-electron chi connectivity index (χ2n) is 3.14. The summed E-state index contributed by atoms with van der Waals surface area (Å²) in [7, 11) is 3.24. The van der Waals surface area contributed by atoms with E-state index in [1.165, 1.54) is 13.2 Å². The van der Waals surface area contributed by atoms with Crippen molar-refractivity contribution in [2.24, 2.45) is 0 Å². The lowest BCUT2D eigenvalue weighted by Crippen LogP contribution is -2.15. The minimum Gasteiger partial charge on any atom is -0.494 e. The van der Waals surface area contributed by atoms with Crippen LogP contribution in [0.25, 0.3) is 0 Å². The molecule has 0 aliphatic carbocycles. The van der Waals surface area contributed by atoms with Gasteiger partial charge in [0.2, 0.25) is 0 Å². The molecule has 1 aromatic rings. The van der Waals surface area contributed by atoms with Crippen molar-refractivity contribution in [3.63, 3.8) is 0 Å². The molecule has 0 aromatic heterocycles. The third-order valence-electron chi connectivity index (χ3n) is 2.25. The van der Waals surface area contributed by atoms with Crippen LogP contribution in [0, 0.1) is 18.2 Å². The maximum atomic E-state index is 13.4. The molecule has 2 nitrogen and oxygen atoms in total. The van der Waals surface area contributed by atoms with Gasteiger partial charge < -0.3 is 10.1 Å². The Hall–Kier alpha value is -1.53. The maximum Gasteiger partial charge on any atom is 0.165 e. The lowest BCUT2D eigenvalue weighted by atomic mass is 10.0. The van der Waals surface area contributed by atoms with Crippen LogP contribution in [0.2, 0.25) is 0 Å². The molecule has 80 valence electrons.